The molecule has 0 radical (unpaired) electrons. The lowest BCUT2D eigenvalue weighted by molar-refractivity contribution is -0.138. The summed E-state index contributed by atoms with van der Waals surface area (Å²) >= 11 is 0. The molecule has 1 N–H and O–H groups in total. The lowest BCUT2D eigenvalue weighted by atomic mass is 9.83. The van der Waals surface area contributed by atoms with Crippen LogP contribution in [0.25, 0.3) is 0 Å². The second kappa shape index (κ2) is 10.6. The average Bonchev–Trinajstić information content (AvgIpc) is 3.43. The first-order chi connectivity index (χ1) is 18.2. The summed E-state index contributed by atoms with van der Waals surface area (Å²) in [6.45, 7) is 7.44. The van der Waals surface area contributed by atoms with E-state index >= 15 is 0 Å². The summed E-state index contributed by atoms with van der Waals surface area (Å²) in [5.74, 6) is 0.0406. The molecule has 1 saturated carbocycles. The number of aryl methyl sites for hydroxylation is 2. The Bertz CT molecular complexity index is 1280. The van der Waals surface area contributed by atoms with Gasteiger partial charge in [-0.25, -0.2) is 9.37 Å². The van der Waals surface area contributed by atoms with E-state index in [-0.39, 0.29) is 48.2 Å². The molecule has 1 aromatic heterocycles. The number of benzene rings is 1. The number of likely N-dealkylation sites (tertiary alicyclic amines) is 2. The summed E-state index contributed by atoms with van der Waals surface area (Å²) in [6, 6.07) is 9.69. The Hall–Kier alpha value is -3.64. The number of nitrogens with one attached hydrogen (secondary N) is 1. The predicted molar refractivity (Wildman–Crippen MR) is 137 cm³/mol. The van der Waals surface area contributed by atoms with E-state index in [1.165, 1.54) is 12.1 Å². The van der Waals surface area contributed by atoms with Crippen LogP contribution in [0.2, 0.25) is 0 Å². The molecule has 2 saturated heterocycles. The van der Waals surface area contributed by atoms with E-state index < -0.39 is 0 Å². The van der Waals surface area contributed by atoms with Gasteiger partial charge in [-0.1, -0.05) is 12.1 Å². The van der Waals surface area contributed by atoms with E-state index in [2.05, 4.69) is 15.2 Å². The first kappa shape index (κ1) is 26.0. The zero-order valence-corrected chi connectivity index (χ0v) is 21.7. The van der Waals surface area contributed by atoms with Gasteiger partial charge in [-0.05, 0) is 61.4 Å². The highest BCUT2D eigenvalue weighted by Crippen LogP contribution is 2.33. The normalized spacial score (nSPS) is 22.1. The number of carbonyl (C=O) groups is 3. The minimum absolute atomic E-state index is 0.0266. The van der Waals surface area contributed by atoms with Gasteiger partial charge in [-0.15, -0.1) is 0 Å². The number of halogens is 1. The van der Waals surface area contributed by atoms with Gasteiger partial charge in [-0.2, -0.15) is 5.26 Å². The minimum Gasteiger partial charge on any atom is -0.349 e. The van der Waals surface area contributed by atoms with Crippen LogP contribution < -0.4 is 5.32 Å². The largest absolute Gasteiger partial charge is 0.349 e. The van der Waals surface area contributed by atoms with Crippen molar-refractivity contribution in [2.75, 3.05) is 32.7 Å². The van der Waals surface area contributed by atoms with E-state index in [1.54, 1.807) is 19.1 Å². The highest BCUT2D eigenvalue weighted by molar-refractivity contribution is 5.97. The van der Waals surface area contributed by atoms with E-state index in [0.717, 1.165) is 30.8 Å². The zero-order chi connectivity index (χ0) is 27.0. The van der Waals surface area contributed by atoms with Crippen LogP contribution in [0.3, 0.4) is 0 Å². The van der Waals surface area contributed by atoms with E-state index in [9.17, 15) is 18.8 Å². The first-order valence-electron chi connectivity index (χ1n) is 13.2. The van der Waals surface area contributed by atoms with Gasteiger partial charge in [0.25, 0.3) is 5.91 Å². The minimum atomic E-state index is -0.344. The third-order valence-corrected chi connectivity index (χ3v) is 8.20. The summed E-state index contributed by atoms with van der Waals surface area (Å²) in [5.41, 5.74) is 2.99. The molecule has 3 aliphatic rings. The summed E-state index contributed by atoms with van der Waals surface area (Å²) in [4.78, 5) is 45.8. The van der Waals surface area contributed by atoms with Gasteiger partial charge in [0.2, 0.25) is 5.91 Å². The van der Waals surface area contributed by atoms with Crippen molar-refractivity contribution in [3.8, 4) is 6.07 Å². The number of amides is 2. The zero-order valence-electron chi connectivity index (χ0n) is 21.7. The van der Waals surface area contributed by atoms with Crippen LogP contribution in [-0.2, 0) is 9.59 Å². The Morgan fingerprint density at radius 3 is 2.47 bits per heavy atom. The van der Waals surface area contributed by atoms with Crippen molar-refractivity contribution >= 4 is 17.6 Å². The van der Waals surface area contributed by atoms with Crippen molar-refractivity contribution in [3.63, 3.8) is 0 Å². The smallest absolute Gasteiger partial charge is 0.255 e. The molecule has 3 fully saturated rings. The molecule has 1 aromatic carbocycles. The quantitative estimate of drug-likeness (QED) is 0.605. The number of pyridine rings is 1. The van der Waals surface area contributed by atoms with Crippen LogP contribution in [0, 0.1) is 48.7 Å². The van der Waals surface area contributed by atoms with Gasteiger partial charge >= 0.3 is 0 Å². The maximum Gasteiger partial charge on any atom is 0.255 e. The molecule has 2 aliphatic heterocycles. The molecule has 2 amide bonds. The maximum atomic E-state index is 13.9. The molecule has 38 heavy (non-hydrogen) atoms. The molecule has 3 atom stereocenters. The van der Waals surface area contributed by atoms with E-state index in [4.69, 9.17) is 5.26 Å². The van der Waals surface area contributed by atoms with Gasteiger partial charge in [0.15, 0.2) is 0 Å². The highest BCUT2D eigenvalue weighted by atomic mass is 19.1. The summed E-state index contributed by atoms with van der Waals surface area (Å²) in [7, 11) is 0. The van der Waals surface area contributed by atoms with Crippen LogP contribution in [0.1, 0.15) is 58.2 Å². The van der Waals surface area contributed by atoms with Crippen molar-refractivity contribution in [2.45, 2.75) is 39.2 Å². The first-order valence-corrected chi connectivity index (χ1v) is 13.2. The van der Waals surface area contributed by atoms with Crippen molar-refractivity contribution < 1.29 is 18.8 Å². The lowest BCUT2D eigenvalue weighted by Crippen LogP contribution is -2.41. The molecule has 8 nitrogen and oxygen atoms in total. The summed E-state index contributed by atoms with van der Waals surface area (Å²) in [5, 5.41) is 12.2. The Morgan fingerprint density at radius 2 is 1.87 bits per heavy atom. The van der Waals surface area contributed by atoms with Crippen molar-refractivity contribution in [3.05, 3.63) is 64.2 Å². The number of fused-ring (bicyclic) bond motifs is 1. The molecular formula is C29H32FN5O3. The van der Waals surface area contributed by atoms with Crippen LogP contribution in [0.5, 0.6) is 0 Å². The fourth-order valence-corrected chi connectivity index (χ4v) is 6.13. The fraction of sp³-hybridized carbons (Fsp3) is 0.483. The molecule has 1 aliphatic carbocycles. The number of hydrogen-bond donors (Lipinski definition) is 1. The summed E-state index contributed by atoms with van der Waals surface area (Å²) in [6.07, 6.45) is 1.20. The number of rotatable bonds is 7. The monoisotopic (exact) mass is 517 g/mol. The Balaban J connectivity index is 1.18. The van der Waals surface area contributed by atoms with Gasteiger partial charge in [-0.3, -0.25) is 14.4 Å². The van der Waals surface area contributed by atoms with E-state index in [1.807, 2.05) is 24.0 Å². The summed E-state index contributed by atoms with van der Waals surface area (Å²) < 4.78 is 13.9. The van der Waals surface area contributed by atoms with Gasteiger partial charge in [0, 0.05) is 45.6 Å². The molecule has 2 aromatic rings. The second-order valence-electron chi connectivity index (χ2n) is 10.9. The number of nitrogens with zero attached hydrogens (tertiary/aromatic N) is 4. The SMILES string of the molecule is Cc1cc(C#N)nc(C)c1C(=O)N1CC2CN(CC[C@H](NC(=O)C3CC(=O)C3)c3cccc(F)c3)CC2C1. The highest BCUT2D eigenvalue weighted by Gasteiger charge is 2.42. The van der Waals surface area contributed by atoms with Gasteiger partial charge in [0.05, 0.1) is 23.2 Å². The van der Waals surface area contributed by atoms with Gasteiger partial charge < -0.3 is 15.1 Å². The molecule has 3 heterocycles. The van der Waals surface area contributed by atoms with Crippen LogP contribution in [0.15, 0.2) is 30.3 Å². The molecule has 2 unspecified atom stereocenters. The Kier molecular flexibility index (Phi) is 7.26. The van der Waals surface area contributed by atoms with Crippen LogP contribution in [0.4, 0.5) is 4.39 Å². The fourth-order valence-electron chi connectivity index (χ4n) is 6.13. The van der Waals surface area contributed by atoms with E-state index in [0.29, 0.717) is 48.3 Å². The molecule has 0 bridgehead atoms. The topological polar surface area (TPSA) is 106 Å². The van der Waals surface area contributed by atoms with Crippen molar-refractivity contribution in [1.29, 1.82) is 5.26 Å². The Labute approximate surface area is 221 Å². The number of nitriles is 1. The molecule has 198 valence electrons. The molecule has 9 heteroatoms. The Morgan fingerprint density at radius 1 is 1.16 bits per heavy atom. The molecule has 0 spiro atoms. The lowest BCUT2D eigenvalue weighted by Gasteiger charge is -2.28. The standard InChI is InChI=1S/C29H32FN5O3/c1-17-8-24(12-31)32-18(2)27(17)29(38)35-15-21-13-34(14-22(21)16-35)7-6-26(19-4-3-5-23(30)9-19)33-28(37)20-10-25(36)11-20/h3-5,8-9,20-22,26H,6-7,10-11,13-16H2,1-2H3,(H,33,37)/t21?,22?,26-/m0/s1. The van der Waals surface area contributed by atoms with Crippen molar-refractivity contribution in [2.24, 2.45) is 17.8 Å². The third kappa shape index (κ3) is 5.32. The predicted octanol–water partition coefficient (Wildman–Crippen LogP) is 2.94. The molecular weight excluding hydrogens is 485 g/mol. The number of ketones is 1. The van der Waals surface area contributed by atoms with Crippen molar-refractivity contribution in [1.82, 2.24) is 20.1 Å². The number of hydrogen-bond acceptors (Lipinski definition) is 6. The van der Waals surface area contributed by atoms with Gasteiger partial charge in [0.1, 0.15) is 23.4 Å². The van der Waals surface area contributed by atoms with Crippen LogP contribution >= 0.6 is 0 Å². The van der Waals surface area contributed by atoms with Crippen LogP contribution in [-0.4, -0.2) is 65.1 Å². The number of Topliss-reactive ketones (excluding diaryl/α,β-unsaturated/α-hetero) is 1. The number of carbonyl (C=O) groups excluding carboxylic acids is 3. The molecule has 5 rings (SSSR count). The number of aromatic nitrogens is 1. The average molecular weight is 518 g/mol. The second-order valence-corrected chi connectivity index (χ2v) is 10.9. The maximum absolute atomic E-state index is 13.9. The third-order valence-electron chi connectivity index (χ3n) is 8.20.